The molecule has 0 aliphatic carbocycles. The molecule has 0 N–H and O–H groups in total. The molecular formula is C21H22N2O. The molecule has 0 saturated carbocycles. The highest BCUT2D eigenvalue weighted by Gasteiger charge is 2.05. The molecule has 0 saturated heterocycles. The van der Waals surface area contributed by atoms with Gasteiger partial charge in [0.05, 0.1) is 24.7 Å². The van der Waals surface area contributed by atoms with Crippen LogP contribution in [0, 0.1) is 0 Å². The van der Waals surface area contributed by atoms with Crippen molar-refractivity contribution < 1.29 is 4.74 Å². The quantitative estimate of drug-likeness (QED) is 0.582. The molecule has 0 aliphatic rings. The smallest absolute Gasteiger partial charge is 0.119 e. The summed E-state index contributed by atoms with van der Waals surface area (Å²) >= 11 is 0. The van der Waals surface area contributed by atoms with Crippen molar-refractivity contribution in [1.29, 1.82) is 0 Å². The van der Waals surface area contributed by atoms with Gasteiger partial charge < -0.3 is 9.30 Å². The van der Waals surface area contributed by atoms with E-state index in [0.29, 0.717) is 5.92 Å². The van der Waals surface area contributed by atoms with E-state index >= 15 is 0 Å². The van der Waals surface area contributed by atoms with Gasteiger partial charge >= 0.3 is 0 Å². The molecule has 0 atom stereocenters. The molecule has 3 heteroatoms. The van der Waals surface area contributed by atoms with Gasteiger partial charge in [0.15, 0.2) is 0 Å². The third-order valence-corrected chi connectivity index (χ3v) is 4.03. The Labute approximate surface area is 143 Å². The number of aliphatic imine (C=N–C) groups is 1. The zero-order chi connectivity index (χ0) is 16.9. The molecule has 0 radical (unpaired) electrons. The second kappa shape index (κ2) is 7.18. The maximum atomic E-state index is 5.22. The Kier molecular flexibility index (Phi) is 4.80. The number of rotatable bonds is 5. The van der Waals surface area contributed by atoms with E-state index in [-0.39, 0.29) is 0 Å². The van der Waals surface area contributed by atoms with Gasteiger partial charge in [-0.2, -0.15) is 0 Å². The number of aromatic nitrogens is 1. The summed E-state index contributed by atoms with van der Waals surface area (Å²) < 4.78 is 7.33. The van der Waals surface area contributed by atoms with Crippen molar-refractivity contribution in [2.24, 2.45) is 4.99 Å². The van der Waals surface area contributed by atoms with Gasteiger partial charge in [-0.3, -0.25) is 4.99 Å². The van der Waals surface area contributed by atoms with E-state index in [4.69, 9.17) is 9.73 Å². The van der Waals surface area contributed by atoms with Crippen molar-refractivity contribution in [3.8, 4) is 11.4 Å². The summed E-state index contributed by atoms with van der Waals surface area (Å²) in [6.45, 7) is 4.38. The van der Waals surface area contributed by atoms with Crippen LogP contribution in [0.2, 0.25) is 0 Å². The van der Waals surface area contributed by atoms with Crippen molar-refractivity contribution in [3.63, 3.8) is 0 Å². The monoisotopic (exact) mass is 318 g/mol. The molecule has 0 aliphatic heterocycles. The predicted octanol–water partition coefficient (Wildman–Crippen LogP) is 5.36. The van der Waals surface area contributed by atoms with Crippen molar-refractivity contribution in [1.82, 2.24) is 4.57 Å². The lowest BCUT2D eigenvalue weighted by Crippen LogP contribution is -1.98. The molecule has 0 amide bonds. The lowest BCUT2D eigenvalue weighted by molar-refractivity contribution is 0.415. The third-order valence-electron chi connectivity index (χ3n) is 4.03. The SMILES string of the molecule is COc1ccc(-n2cccc2C=Nc2ccccc2C(C)C)cc1. The van der Waals surface area contributed by atoms with Crippen LogP contribution in [0.1, 0.15) is 31.0 Å². The van der Waals surface area contributed by atoms with E-state index in [9.17, 15) is 0 Å². The molecule has 2 aromatic carbocycles. The van der Waals surface area contributed by atoms with Crippen LogP contribution >= 0.6 is 0 Å². The Hall–Kier alpha value is -2.81. The fourth-order valence-corrected chi connectivity index (χ4v) is 2.71. The van der Waals surface area contributed by atoms with Crippen LogP contribution in [0.4, 0.5) is 5.69 Å². The van der Waals surface area contributed by atoms with Crippen molar-refractivity contribution in [3.05, 3.63) is 78.1 Å². The van der Waals surface area contributed by atoms with Gasteiger partial charge in [0.2, 0.25) is 0 Å². The Bertz CT molecular complexity index is 829. The van der Waals surface area contributed by atoms with E-state index in [1.165, 1.54) is 5.56 Å². The second-order valence-electron chi connectivity index (χ2n) is 5.97. The van der Waals surface area contributed by atoms with Gasteiger partial charge in [0.1, 0.15) is 5.75 Å². The minimum absolute atomic E-state index is 0.451. The molecule has 3 aromatic rings. The standard InChI is InChI=1S/C21H22N2O/c1-16(2)20-8-4-5-9-21(20)22-15-18-7-6-14-23(18)17-10-12-19(24-3)13-11-17/h4-16H,1-3H3. The number of para-hydroxylation sites is 1. The average Bonchev–Trinajstić information content (AvgIpc) is 3.08. The highest BCUT2D eigenvalue weighted by atomic mass is 16.5. The summed E-state index contributed by atoms with van der Waals surface area (Å²) in [7, 11) is 1.68. The first-order chi connectivity index (χ1) is 11.7. The number of hydrogen-bond acceptors (Lipinski definition) is 2. The molecule has 0 fully saturated rings. The second-order valence-corrected chi connectivity index (χ2v) is 5.97. The Balaban J connectivity index is 1.91. The highest BCUT2D eigenvalue weighted by Crippen LogP contribution is 2.26. The van der Waals surface area contributed by atoms with Gasteiger partial charge in [-0.15, -0.1) is 0 Å². The predicted molar refractivity (Wildman–Crippen MR) is 100 cm³/mol. The topological polar surface area (TPSA) is 26.5 Å². The molecule has 0 unspecified atom stereocenters. The van der Waals surface area contributed by atoms with Gasteiger partial charge in [0, 0.05) is 11.9 Å². The normalized spacial score (nSPS) is 11.3. The Morgan fingerprint density at radius 3 is 2.42 bits per heavy atom. The number of methoxy groups -OCH3 is 1. The minimum atomic E-state index is 0.451. The first-order valence-corrected chi connectivity index (χ1v) is 8.14. The Morgan fingerprint density at radius 1 is 0.958 bits per heavy atom. The molecule has 122 valence electrons. The van der Waals surface area contributed by atoms with Crippen LogP contribution in [0.25, 0.3) is 5.69 Å². The molecular weight excluding hydrogens is 296 g/mol. The number of ether oxygens (including phenoxy) is 1. The fourth-order valence-electron chi connectivity index (χ4n) is 2.71. The van der Waals surface area contributed by atoms with Gasteiger partial charge in [-0.05, 0) is 53.9 Å². The summed E-state index contributed by atoms with van der Waals surface area (Å²) in [4.78, 5) is 4.72. The molecule has 1 aromatic heterocycles. The lowest BCUT2D eigenvalue weighted by atomic mass is 10.0. The van der Waals surface area contributed by atoms with E-state index < -0.39 is 0 Å². The molecule has 24 heavy (non-hydrogen) atoms. The van der Waals surface area contributed by atoms with Crippen LogP contribution in [-0.2, 0) is 0 Å². The zero-order valence-electron chi connectivity index (χ0n) is 14.3. The summed E-state index contributed by atoms with van der Waals surface area (Å²) in [6.07, 6.45) is 3.96. The molecule has 0 bridgehead atoms. The van der Waals surface area contributed by atoms with Gasteiger partial charge in [-0.25, -0.2) is 0 Å². The summed E-state index contributed by atoms with van der Waals surface area (Å²) in [6, 6.07) is 20.4. The van der Waals surface area contributed by atoms with Crippen molar-refractivity contribution >= 4 is 11.9 Å². The number of nitrogens with zero attached hydrogens (tertiary/aromatic N) is 2. The number of benzene rings is 2. The van der Waals surface area contributed by atoms with E-state index in [1.807, 2.05) is 48.8 Å². The van der Waals surface area contributed by atoms with Crippen LogP contribution < -0.4 is 4.74 Å². The van der Waals surface area contributed by atoms with Gasteiger partial charge in [-0.1, -0.05) is 32.0 Å². The molecule has 1 heterocycles. The van der Waals surface area contributed by atoms with Crippen LogP contribution in [-0.4, -0.2) is 17.9 Å². The van der Waals surface area contributed by atoms with E-state index in [0.717, 1.165) is 22.8 Å². The largest absolute Gasteiger partial charge is 0.497 e. The van der Waals surface area contributed by atoms with Crippen LogP contribution in [0.15, 0.2) is 71.9 Å². The molecule has 3 nitrogen and oxygen atoms in total. The molecule has 3 rings (SSSR count). The summed E-state index contributed by atoms with van der Waals surface area (Å²) in [5.41, 5.74) is 4.41. The molecule has 0 spiro atoms. The lowest BCUT2D eigenvalue weighted by Gasteiger charge is -2.09. The maximum absolute atomic E-state index is 5.22. The van der Waals surface area contributed by atoms with Crippen molar-refractivity contribution in [2.75, 3.05) is 7.11 Å². The van der Waals surface area contributed by atoms with E-state index in [1.54, 1.807) is 7.11 Å². The van der Waals surface area contributed by atoms with Crippen LogP contribution in [0.5, 0.6) is 5.75 Å². The first kappa shape index (κ1) is 16.1. The van der Waals surface area contributed by atoms with Gasteiger partial charge in [0.25, 0.3) is 0 Å². The number of hydrogen-bond donors (Lipinski definition) is 0. The van der Waals surface area contributed by atoms with Crippen LogP contribution in [0.3, 0.4) is 0 Å². The highest BCUT2D eigenvalue weighted by molar-refractivity contribution is 5.81. The minimum Gasteiger partial charge on any atom is -0.497 e. The summed E-state index contributed by atoms with van der Waals surface area (Å²) in [5, 5.41) is 0. The maximum Gasteiger partial charge on any atom is 0.119 e. The zero-order valence-corrected chi connectivity index (χ0v) is 14.3. The fraction of sp³-hybridized carbons (Fsp3) is 0.190. The van der Waals surface area contributed by atoms with Crippen molar-refractivity contribution in [2.45, 2.75) is 19.8 Å². The average molecular weight is 318 g/mol. The van der Waals surface area contributed by atoms with E-state index in [2.05, 4.69) is 42.7 Å². The first-order valence-electron chi connectivity index (χ1n) is 8.14. The Morgan fingerprint density at radius 2 is 1.71 bits per heavy atom. The summed E-state index contributed by atoms with van der Waals surface area (Å²) in [5.74, 6) is 1.30. The third kappa shape index (κ3) is 3.40.